The van der Waals surface area contributed by atoms with Gasteiger partial charge in [0.2, 0.25) is 23.6 Å². The van der Waals surface area contributed by atoms with Gasteiger partial charge in [0.1, 0.15) is 77.0 Å². The topological polar surface area (TPSA) is 256 Å². The molecule has 6 aromatic carbocycles. The Hall–Kier alpha value is -12.5. The summed E-state index contributed by atoms with van der Waals surface area (Å²) in [5, 5.41) is 23.9. The van der Waals surface area contributed by atoms with Crippen LogP contribution in [0.25, 0.3) is 0 Å². The SMILES string of the molecule is C#Cc1cccc(Nc2cc(Nc3cccc(NC(=O)C=C)c3)ncn2)c1.C=CC(=O)Nc1cccc(Nc2cc(Nc3ccccc3)ncn2)c1.C=CC(=O)Nc1cccc(Nc2cc(Oc3ccc(Oc4ccccc4)cc3)ncn2)n1. The number of amides is 3. The van der Waals surface area contributed by atoms with Gasteiger partial charge in [0.05, 0.1) is 0 Å². The molecule has 0 bridgehead atoms. The molecule has 0 aliphatic rings. The van der Waals surface area contributed by atoms with Gasteiger partial charge in [0, 0.05) is 57.9 Å². The second-order valence-corrected chi connectivity index (χ2v) is 17.2. The average Bonchev–Trinajstić information content (AvgIpc) is 3.64. The van der Waals surface area contributed by atoms with Crippen molar-refractivity contribution in [1.29, 1.82) is 0 Å². The Balaban J connectivity index is 0.000000166. The van der Waals surface area contributed by atoms with Crippen LogP contribution in [0.5, 0.6) is 23.1 Å². The Morgan fingerprint density at radius 3 is 1.31 bits per heavy atom. The maximum absolute atomic E-state index is 11.4. The largest absolute Gasteiger partial charge is 0.457 e. The van der Waals surface area contributed by atoms with Crippen molar-refractivity contribution in [2.24, 2.45) is 0 Å². The molecule has 20 heteroatoms. The maximum Gasteiger partial charge on any atom is 0.248 e. The third kappa shape index (κ3) is 18.9. The molecule has 4 heterocycles. The summed E-state index contributed by atoms with van der Waals surface area (Å²) in [6.07, 6.45) is 13.4. The fourth-order valence-electron chi connectivity index (χ4n) is 7.19. The summed E-state index contributed by atoms with van der Waals surface area (Å²) in [5.41, 5.74) is 5.47. The molecule has 0 aliphatic heterocycles. The highest BCUT2D eigenvalue weighted by Crippen LogP contribution is 2.28. The van der Waals surface area contributed by atoms with Crippen molar-refractivity contribution in [3.05, 3.63) is 257 Å². The van der Waals surface area contributed by atoms with E-state index in [9.17, 15) is 14.4 Å². The number of para-hydroxylation sites is 2. The van der Waals surface area contributed by atoms with Crippen molar-refractivity contribution in [3.63, 3.8) is 0 Å². The monoisotopic (exact) mass is 1110 g/mol. The van der Waals surface area contributed by atoms with Crippen molar-refractivity contribution >= 4 is 92.6 Å². The average molecular weight is 1110 g/mol. The van der Waals surface area contributed by atoms with Crippen LogP contribution in [-0.2, 0) is 14.4 Å². The summed E-state index contributed by atoms with van der Waals surface area (Å²) in [4.78, 5) is 63.8. The zero-order chi connectivity index (χ0) is 58.7. The first-order valence-corrected chi connectivity index (χ1v) is 25.5. The van der Waals surface area contributed by atoms with Gasteiger partial charge < -0.3 is 52.0 Å². The Labute approximate surface area is 484 Å². The lowest BCUT2D eigenvalue weighted by Gasteiger charge is -2.10. The molecular formula is C64H53N15O5. The van der Waals surface area contributed by atoms with Gasteiger partial charge in [-0.2, -0.15) is 0 Å². The molecule has 0 spiro atoms. The number of carbonyl (C=O) groups is 3. The summed E-state index contributed by atoms with van der Waals surface area (Å²) < 4.78 is 11.6. The summed E-state index contributed by atoms with van der Waals surface area (Å²) in [6, 6.07) is 59.0. The number of ether oxygens (including phenoxy) is 2. The number of terminal acetylenes is 1. The molecule has 0 unspecified atom stereocenters. The van der Waals surface area contributed by atoms with Crippen LogP contribution in [0.15, 0.2) is 251 Å². The number of aromatic nitrogens is 7. The summed E-state index contributed by atoms with van der Waals surface area (Å²) in [6.45, 7) is 10.3. The van der Waals surface area contributed by atoms with Crippen LogP contribution >= 0.6 is 0 Å². The maximum atomic E-state index is 11.4. The van der Waals surface area contributed by atoms with Gasteiger partial charge in [0.25, 0.3) is 0 Å². The van der Waals surface area contributed by atoms with E-state index in [1.807, 2.05) is 133 Å². The fraction of sp³-hybridized carbons (Fsp3) is 0. The van der Waals surface area contributed by atoms with Crippen LogP contribution in [-0.4, -0.2) is 52.6 Å². The Bertz CT molecular complexity index is 3920. The second-order valence-electron chi connectivity index (χ2n) is 17.2. The number of benzene rings is 6. The van der Waals surface area contributed by atoms with Crippen molar-refractivity contribution in [2.45, 2.75) is 0 Å². The molecule has 84 heavy (non-hydrogen) atoms. The van der Waals surface area contributed by atoms with E-state index < -0.39 is 0 Å². The number of pyridine rings is 1. The van der Waals surface area contributed by atoms with E-state index >= 15 is 0 Å². The normalized spacial score (nSPS) is 9.94. The van der Waals surface area contributed by atoms with E-state index in [-0.39, 0.29) is 17.7 Å². The van der Waals surface area contributed by atoms with E-state index in [0.29, 0.717) is 69.5 Å². The van der Waals surface area contributed by atoms with E-state index in [0.717, 1.165) is 34.1 Å². The number of nitrogens with zero attached hydrogens (tertiary/aromatic N) is 7. The van der Waals surface area contributed by atoms with Gasteiger partial charge in [-0.3, -0.25) is 14.4 Å². The van der Waals surface area contributed by atoms with E-state index in [4.69, 9.17) is 15.9 Å². The predicted molar refractivity (Wildman–Crippen MR) is 330 cm³/mol. The number of carbonyl (C=O) groups excluding carboxylic acids is 3. The van der Waals surface area contributed by atoms with Gasteiger partial charge in [0.15, 0.2) is 0 Å². The summed E-state index contributed by atoms with van der Waals surface area (Å²) in [5.74, 6) is 8.07. The quantitative estimate of drug-likeness (QED) is 0.0261. The predicted octanol–water partition coefficient (Wildman–Crippen LogP) is 13.5. The highest BCUT2D eigenvalue weighted by atomic mass is 16.5. The Kier molecular flexibility index (Phi) is 20.6. The number of rotatable bonds is 20. The Morgan fingerprint density at radius 1 is 0.369 bits per heavy atom. The van der Waals surface area contributed by atoms with Crippen LogP contribution in [0.2, 0.25) is 0 Å². The van der Waals surface area contributed by atoms with Gasteiger partial charge >= 0.3 is 0 Å². The van der Waals surface area contributed by atoms with E-state index in [1.165, 1.54) is 37.2 Å². The minimum atomic E-state index is -0.340. The number of hydrogen-bond acceptors (Lipinski definition) is 17. The minimum absolute atomic E-state index is 0.256. The van der Waals surface area contributed by atoms with Gasteiger partial charge in [-0.25, -0.2) is 34.9 Å². The lowest BCUT2D eigenvalue weighted by molar-refractivity contribution is -0.112. The van der Waals surface area contributed by atoms with E-state index in [2.05, 4.69) is 103 Å². The molecule has 0 fully saturated rings. The molecule has 0 saturated heterocycles. The zero-order valence-corrected chi connectivity index (χ0v) is 44.8. The summed E-state index contributed by atoms with van der Waals surface area (Å²) >= 11 is 0. The molecule has 0 aliphatic carbocycles. The second kappa shape index (κ2) is 30.0. The first-order valence-electron chi connectivity index (χ1n) is 25.5. The minimum Gasteiger partial charge on any atom is -0.457 e. The molecule has 4 aromatic heterocycles. The molecule has 0 saturated carbocycles. The smallest absolute Gasteiger partial charge is 0.248 e. The Morgan fingerprint density at radius 2 is 0.774 bits per heavy atom. The highest BCUT2D eigenvalue weighted by Gasteiger charge is 2.09. The fourth-order valence-corrected chi connectivity index (χ4v) is 7.19. The molecule has 20 nitrogen and oxygen atoms in total. The number of anilines is 13. The number of hydrogen-bond donors (Lipinski definition) is 8. The van der Waals surface area contributed by atoms with Crippen LogP contribution in [0.3, 0.4) is 0 Å². The van der Waals surface area contributed by atoms with Crippen molar-refractivity contribution in [2.75, 3.05) is 42.5 Å². The lowest BCUT2D eigenvalue weighted by atomic mass is 10.2. The van der Waals surface area contributed by atoms with Gasteiger partial charge in [-0.15, -0.1) is 6.42 Å². The van der Waals surface area contributed by atoms with Crippen molar-refractivity contribution < 1.29 is 23.9 Å². The molecule has 414 valence electrons. The molecular weight excluding hydrogens is 1060 g/mol. The third-order valence-electron chi connectivity index (χ3n) is 11.0. The van der Waals surface area contributed by atoms with Crippen LogP contribution in [0.1, 0.15) is 5.56 Å². The number of nitrogens with one attached hydrogen (secondary N) is 8. The first-order chi connectivity index (χ1) is 41.1. The van der Waals surface area contributed by atoms with Crippen LogP contribution in [0.4, 0.5) is 74.8 Å². The van der Waals surface area contributed by atoms with Crippen molar-refractivity contribution in [1.82, 2.24) is 34.9 Å². The van der Waals surface area contributed by atoms with Crippen LogP contribution in [0, 0.1) is 12.3 Å². The van der Waals surface area contributed by atoms with Crippen molar-refractivity contribution in [3.8, 4) is 35.5 Å². The van der Waals surface area contributed by atoms with E-state index in [1.54, 1.807) is 60.7 Å². The lowest BCUT2D eigenvalue weighted by Crippen LogP contribution is -2.09. The molecule has 10 aromatic rings. The standard InChI is InChI=1S/C24H19N5O3.C21H17N5O.C19H17N5O/c1-2-23(30)29-21-10-6-9-20(27-21)28-22-15-24(26-16-25-22)32-19-13-11-18(12-14-19)31-17-7-4-3-5-8-17;1-3-15-7-5-8-16(11-15)24-19-13-20(23-14-22-19)25-17-9-6-10-18(12-17)26-21(27)4-2;1-2-19(25)24-16-10-6-9-15(11-16)23-18-12-17(20-13-21-18)22-14-7-4-3-5-8-14/h2-16H,1H2,(H2,25,26,27,28,29,30);1,4-14H,2H2,(H,26,27)(H2,22,23,24,25);2-13H,1H2,(H,24,25)(H2,20,21,22,23). The highest BCUT2D eigenvalue weighted by molar-refractivity contribution is 6.00. The van der Waals surface area contributed by atoms with Crippen LogP contribution < -0.4 is 52.0 Å². The molecule has 0 radical (unpaired) electrons. The van der Waals surface area contributed by atoms with Gasteiger partial charge in [-0.05, 0) is 133 Å². The molecule has 3 amide bonds. The molecule has 10 rings (SSSR count). The molecule has 8 N–H and O–H groups in total. The van der Waals surface area contributed by atoms with Gasteiger partial charge in [-0.1, -0.05) is 86.3 Å². The third-order valence-corrected chi connectivity index (χ3v) is 11.0. The first kappa shape index (κ1) is 57.7. The zero-order valence-electron chi connectivity index (χ0n) is 44.8. The summed E-state index contributed by atoms with van der Waals surface area (Å²) in [7, 11) is 0. The molecule has 0 atom stereocenters.